The van der Waals surface area contributed by atoms with E-state index in [9.17, 15) is 4.79 Å². The molecule has 0 bridgehead atoms. The first-order chi connectivity index (χ1) is 5.68. The molecule has 0 amide bonds. The number of rotatable bonds is 3. The van der Waals surface area contributed by atoms with Crippen LogP contribution in [0.1, 0.15) is 13.8 Å². The van der Waals surface area contributed by atoms with E-state index in [-0.39, 0.29) is 12.1 Å². The molecule has 12 heavy (non-hydrogen) atoms. The van der Waals surface area contributed by atoms with Crippen LogP contribution < -0.4 is 0 Å². The minimum absolute atomic E-state index is 0.100. The van der Waals surface area contributed by atoms with Gasteiger partial charge in [-0.15, -0.1) is 0 Å². The van der Waals surface area contributed by atoms with E-state index in [0.717, 1.165) is 0 Å². The molecule has 0 saturated carbocycles. The van der Waals surface area contributed by atoms with Crippen LogP contribution in [0.2, 0.25) is 0 Å². The van der Waals surface area contributed by atoms with Crippen molar-refractivity contribution in [1.82, 2.24) is 9.55 Å². The van der Waals surface area contributed by atoms with Crippen LogP contribution in [0.4, 0.5) is 0 Å². The van der Waals surface area contributed by atoms with E-state index in [1.807, 2.05) is 17.7 Å². The third-order valence-corrected chi connectivity index (χ3v) is 1.39. The predicted octanol–water partition coefficient (Wildman–Crippen LogP) is 0.835. The van der Waals surface area contributed by atoms with Crippen LogP contribution in [0.3, 0.4) is 0 Å². The van der Waals surface area contributed by atoms with Crippen LogP contribution in [0.25, 0.3) is 0 Å². The fourth-order valence-corrected chi connectivity index (χ4v) is 1.01. The van der Waals surface area contributed by atoms with E-state index >= 15 is 0 Å². The van der Waals surface area contributed by atoms with Crippen molar-refractivity contribution in [3.05, 3.63) is 18.7 Å². The van der Waals surface area contributed by atoms with E-state index in [4.69, 9.17) is 4.74 Å². The lowest BCUT2D eigenvalue weighted by Crippen LogP contribution is -2.18. The Morgan fingerprint density at radius 2 is 2.50 bits per heavy atom. The fourth-order valence-electron chi connectivity index (χ4n) is 1.01. The summed E-state index contributed by atoms with van der Waals surface area (Å²) in [5.41, 5.74) is 0. The summed E-state index contributed by atoms with van der Waals surface area (Å²) in [6.07, 6.45) is 5.12. The van der Waals surface area contributed by atoms with Crippen LogP contribution >= 0.6 is 0 Å². The zero-order valence-electron chi connectivity index (χ0n) is 7.23. The summed E-state index contributed by atoms with van der Waals surface area (Å²) < 4.78 is 6.80. The molecule has 4 nitrogen and oxygen atoms in total. The minimum atomic E-state index is -0.248. The van der Waals surface area contributed by atoms with Crippen LogP contribution in [0, 0.1) is 0 Å². The van der Waals surface area contributed by atoms with Gasteiger partial charge in [0.25, 0.3) is 0 Å². The molecular weight excluding hydrogens is 156 g/mol. The molecule has 0 aliphatic rings. The molecule has 0 aromatic carbocycles. The third kappa shape index (κ3) is 2.74. The molecule has 0 radical (unpaired) electrons. The Morgan fingerprint density at radius 1 is 1.75 bits per heavy atom. The monoisotopic (exact) mass is 168 g/mol. The van der Waals surface area contributed by atoms with E-state index in [2.05, 4.69) is 4.98 Å². The summed E-state index contributed by atoms with van der Waals surface area (Å²) in [6.45, 7) is 3.91. The van der Waals surface area contributed by atoms with Gasteiger partial charge in [0.2, 0.25) is 0 Å². The molecule has 4 heteroatoms. The Kier molecular flexibility index (Phi) is 2.85. The number of nitrogens with zero attached hydrogens (tertiary/aromatic N) is 2. The largest absolute Gasteiger partial charge is 0.461 e. The van der Waals surface area contributed by atoms with Crippen molar-refractivity contribution in [2.75, 3.05) is 0 Å². The Balaban J connectivity index is 2.36. The molecule has 1 atom stereocenters. The lowest BCUT2D eigenvalue weighted by atomic mass is 10.4. The van der Waals surface area contributed by atoms with Crippen LogP contribution in [0.5, 0.6) is 0 Å². The average molecular weight is 168 g/mol. The van der Waals surface area contributed by atoms with Gasteiger partial charge in [-0.1, -0.05) is 0 Å². The standard InChI is InChI=1S/C8H12N2O2/c1-7(12-8(2)11)5-10-4-3-9-6-10/h3-4,6-7H,5H2,1-2H3/t7-/m1/s1. The van der Waals surface area contributed by atoms with Gasteiger partial charge in [-0.05, 0) is 6.92 Å². The minimum Gasteiger partial charge on any atom is -0.461 e. The van der Waals surface area contributed by atoms with Crippen molar-refractivity contribution >= 4 is 5.97 Å². The smallest absolute Gasteiger partial charge is 0.302 e. The predicted molar refractivity (Wildman–Crippen MR) is 43.5 cm³/mol. The summed E-state index contributed by atoms with van der Waals surface area (Å²) in [7, 11) is 0. The van der Waals surface area contributed by atoms with Crippen molar-refractivity contribution in [3.63, 3.8) is 0 Å². The first-order valence-corrected chi connectivity index (χ1v) is 3.81. The number of hydrogen-bond acceptors (Lipinski definition) is 3. The molecule has 1 rings (SSSR count). The lowest BCUT2D eigenvalue weighted by Gasteiger charge is -2.11. The maximum absolute atomic E-state index is 10.5. The van der Waals surface area contributed by atoms with Crippen molar-refractivity contribution in [1.29, 1.82) is 0 Å². The molecule has 1 aromatic rings. The van der Waals surface area contributed by atoms with Gasteiger partial charge >= 0.3 is 5.97 Å². The van der Waals surface area contributed by atoms with Crippen molar-refractivity contribution in [2.24, 2.45) is 0 Å². The highest BCUT2D eigenvalue weighted by Crippen LogP contribution is 1.96. The van der Waals surface area contributed by atoms with Gasteiger partial charge < -0.3 is 9.30 Å². The van der Waals surface area contributed by atoms with Crippen molar-refractivity contribution in [3.8, 4) is 0 Å². The third-order valence-electron chi connectivity index (χ3n) is 1.39. The zero-order valence-corrected chi connectivity index (χ0v) is 7.23. The summed E-state index contributed by atoms with van der Waals surface area (Å²) >= 11 is 0. The highest BCUT2D eigenvalue weighted by Gasteiger charge is 2.04. The van der Waals surface area contributed by atoms with Crippen LogP contribution in [0.15, 0.2) is 18.7 Å². The lowest BCUT2D eigenvalue weighted by molar-refractivity contribution is -0.146. The van der Waals surface area contributed by atoms with E-state index in [1.54, 1.807) is 12.5 Å². The normalized spacial score (nSPS) is 12.5. The Labute approximate surface area is 71.2 Å². The molecule has 0 N–H and O–H groups in total. The highest BCUT2D eigenvalue weighted by molar-refractivity contribution is 5.66. The first kappa shape index (κ1) is 8.77. The molecule has 0 fully saturated rings. The second-order valence-electron chi connectivity index (χ2n) is 2.68. The Bertz CT molecular complexity index is 244. The topological polar surface area (TPSA) is 44.1 Å². The second kappa shape index (κ2) is 3.90. The number of imidazole rings is 1. The van der Waals surface area contributed by atoms with Gasteiger partial charge in [-0.2, -0.15) is 0 Å². The van der Waals surface area contributed by atoms with E-state index < -0.39 is 0 Å². The zero-order chi connectivity index (χ0) is 8.97. The van der Waals surface area contributed by atoms with Crippen molar-refractivity contribution < 1.29 is 9.53 Å². The van der Waals surface area contributed by atoms with E-state index in [1.165, 1.54) is 6.92 Å². The van der Waals surface area contributed by atoms with Gasteiger partial charge in [-0.3, -0.25) is 4.79 Å². The molecule has 1 aromatic heterocycles. The summed E-state index contributed by atoms with van der Waals surface area (Å²) in [5.74, 6) is -0.248. The number of esters is 1. The van der Waals surface area contributed by atoms with E-state index in [0.29, 0.717) is 6.54 Å². The quantitative estimate of drug-likeness (QED) is 0.628. The van der Waals surface area contributed by atoms with Gasteiger partial charge in [-0.25, -0.2) is 4.98 Å². The maximum Gasteiger partial charge on any atom is 0.302 e. The second-order valence-corrected chi connectivity index (χ2v) is 2.68. The fraction of sp³-hybridized carbons (Fsp3) is 0.500. The molecule has 0 aliphatic heterocycles. The van der Waals surface area contributed by atoms with Crippen LogP contribution in [-0.4, -0.2) is 21.6 Å². The number of hydrogen-bond donors (Lipinski definition) is 0. The molecule has 0 saturated heterocycles. The van der Waals surface area contributed by atoms with Gasteiger partial charge in [0.1, 0.15) is 6.10 Å². The van der Waals surface area contributed by atoms with Gasteiger partial charge in [0.15, 0.2) is 0 Å². The van der Waals surface area contributed by atoms with Gasteiger partial charge in [0, 0.05) is 19.3 Å². The molecule has 1 heterocycles. The van der Waals surface area contributed by atoms with Crippen LogP contribution in [-0.2, 0) is 16.1 Å². The number of aromatic nitrogens is 2. The number of carbonyl (C=O) groups excluding carboxylic acids is 1. The molecule has 0 spiro atoms. The molecule has 66 valence electrons. The molecule has 0 unspecified atom stereocenters. The molecule has 0 aliphatic carbocycles. The summed E-state index contributed by atoms with van der Waals surface area (Å²) in [5, 5.41) is 0. The number of carbonyl (C=O) groups is 1. The SMILES string of the molecule is CC(=O)O[C@H](C)Cn1ccnc1. The van der Waals surface area contributed by atoms with Crippen molar-refractivity contribution in [2.45, 2.75) is 26.5 Å². The molecular formula is C8H12N2O2. The first-order valence-electron chi connectivity index (χ1n) is 3.81. The van der Waals surface area contributed by atoms with Gasteiger partial charge in [0.05, 0.1) is 12.9 Å². The maximum atomic E-state index is 10.5. The number of ether oxygens (including phenoxy) is 1. The Morgan fingerprint density at radius 3 is 3.00 bits per heavy atom. The summed E-state index contributed by atoms with van der Waals surface area (Å²) in [4.78, 5) is 14.4. The average Bonchev–Trinajstić information content (AvgIpc) is 2.37. The Hall–Kier alpha value is -1.32. The summed E-state index contributed by atoms with van der Waals surface area (Å²) in [6, 6.07) is 0. The highest BCUT2D eigenvalue weighted by atomic mass is 16.5.